The second-order valence-electron chi connectivity index (χ2n) is 4.52. The molecule has 2 unspecified atom stereocenters. The summed E-state index contributed by atoms with van der Waals surface area (Å²) >= 11 is 0. The van der Waals surface area contributed by atoms with Crippen LogP contribution in [0.5, 0.6) is 0 Å². The molecule has 4 heteroatoms. The Morgan fingerprint density at radius 3 is 2.47 bits per heavy atom. The Kier molecular flexibility index (Phi) is 2.93. The van der Waals surface area contributed by atoms with Crippen molar-refractivity contribution in [3.8, 4) is 0 Å². The van der Waals surface area contributed by atoms with Gasteiger partial charge in [-0.3, -0.25) is 9.59 Å². The van der Waals surface area contributed by atoms with Crippen LogP contribution in [0.4, 0.5) is 0 Å². The number of nitrogens with one attached hydrogen (secondary N) is 2. The highest BCUT2D eigenvalue weighted by Crippen LogP contribution is 2.39. The fraction of sp³-hybridized carbons (Fsp3) is 0.818. The number of hydrogen-bond acceptors (Lipinski definition) is 2. The molecular formula is C11H18N2O2. The molecule has 0 aromatic carbocycles. The number of hydrogen-bond donors (Lipinski definition) is 2. The van der Waals surface area contributed by atoms with Gasteiger partial charge in [0, 0.05) is 12.6 Å². The zero-order chi connectivity index (χ0) is 10.8. The van der Waals surface area contributed by atoms with E-state index < -0.39 is 0 Å². The van der Waals surface area contributed by atoms with E-state index in [-0.39, 0.29) is 23.7 Å². The lowest BCUT2D eigenvalue weighted by Crippen LogP contribution is -2.31. The average Bonchev–Trinajstić information content (AvgIpc) is 3.04. The first-order chi connectivity index (χ1) is 7.22. The molecule has 0 radical (unpaired) electrons. The van der Waals surface area contributed by atoms with Crippen molar-refractivity contribution in [3.63, 3.8) is 0 Å². The van der Waals surface area contributed by atoms with Crippen molar-refractivity contribution in [1.29, 1.82) is 0 Å². The van der Waals surface area contributed by atoms with Gasteiger partial charge >= 0.3 is 0 Å². The third-order valence-corrected chi connectivity index (χ3v) is 2.94. The van der Waals surface area contributed by atoms with E-state index in [1.807, 2.05) is 6.92 Å². The molecular weight excluding hydrogens is 192 g/mol. The van der Waals surface area contributed by atoms with Gasteiger partial charge in [-0.05, 0) is 25.7 Å². The molecule has 0 heterocycles. The van der Waals surface area contributed by atoms with Crippen LogP contribution in [0.3, 0.4) is 0 Å². The first-order valence-corrected chi connectivity index (χ1v) is 5.80. The number of carbonyl (C=O) groups is 2. The van der Waals surface area contributed by atoms with Crippen molar-refractivity contribution in [1.82, 2.24) is 10.6 Å². The van der Waals surface area contributed by atoms with Crippen LogP contribution in [-0.4, -0.2) is 24.4 Å². The molecule has 0 spiro atoms. The second-order valence-corrected chi connectivity index (χ2v) is 4.52. The first-order valence-electron chi connectivity index (χ1n) is 5.80. The maximum atomic E-state index is 11.6. The van der Waals surface area contributed by atoms with Crippen LogP contribution in [0.2, 0.25) is 0 Å². The average molecular weight is 210 g/mol. The normalized spacial score (nSPS) is 28.3. The van der Waals surface area contributed by atoms with Crippen molar-refractivity contribution < 1.29 is 9.59 Å². The van der Waals surface area contributed by atoms with Crippen LogP contribution in [0.15, 0.2) is 0 Å². The van der Waals surface area contributed by atoms with Gasteiger partial charge in [0.2, 0.25) is 11.8 Å². The third kappa shape index (κ3) is 2.70. The standard InChI is InChI=1S/C11H18N2O2/c1-2-5-12-10(14)8-6-9(8)11(15)13-7-3-4-7/h7-9H,2-6H2,1H3,(H,12,14)(H,13,15). The van der Waals surface area contributed by atoms with Crippen LogP contribution in [0.1, 0.15) is 32.6 Å². The summed E-state index contributed by atoms with van der Waals surface area (Å²) in [6, 6.07) is 0.400. The lowest BCUT2D eigenvalue weighted by molar-refractivity contribution is -0.127. The minimum atomic E-state index is -0.0599. The Bertz CT molecular complexity index is 274. The SMILES string of the molecule is CCCNC(=O)C1CC1C(=O)NC1CC1. The molecule has 0 aromatic rings. The van der Waals surface area contributed by atoms with E-state index >= 15 is 0 Å². The molecule has 0 aromatic heterocycles. The summed E-state index contributed by atoms with van der Waals surface area (Å²) in [5.41, 5.74) is 0. The molecule has 2 aliphatic rings. The van der Waals surface area contributed by atoms with Gasteiger partial charge < -0.3 is 10.6 Å². The summed E-state index contributed by atoms with van der Waals surface area (Å²) in [6.45, 7) is 2.73. The highest BCUT2D eigenvalue weighted by atomic mass is 16.2. The summed E-state index contributed by atoms with van der Waals surface area (Å²) in [7, 11) is 0. The smallest absolute Gasteiger partial charge is 0.224 e. The topological polar surface area (TPSA) is 58.2 Å². The number of rotatable bonds is 5. The van der Waals surface area contributed by atoms with Gasteiger partial charge in [-0.2, -0.15) is 0 Å². The van der Waals surface area contributed by atoms with Crippen LogP contribution < -0.4 is 10.6 Å². The van der Waals surface area contributed by atoms with E-state index in [0.29, 0.717) is 12.6 Å². The van der Waals surface area contributed by atoms with Gasteiger partial charge in [0.25, 0.3) is 0 Å². The van der Waals surface area contributed by atoms with Crippen LogP contribution in [0, 0.1) is 11.8 Å². The molecule has 4 nitrogen and oxygen atoms in total. The quantitative estimate of drug-likeness (QED) is 0.691. The molecule has 2 aliphatic carbocycles. The molecule has 0 aliphatic heterocycles. The van der Waals surface area contributed by atoms with Gasteiger partial charge in [-0.1, -0.05) is 6.92 Å². The second kappa shape index (κ2) is 4.21. The Labute approximate surface area is 89.8 Å². The van der Waals surface area contributed by atoms with E-state index in [0.717, 1.165) is 25.7 Å². The monoisotopic (exact) mass is 210 g/mol. The lowest BCUT2D eigenvalue weighted by atomic mass is 10.2. The Morgan fingerprint density at radius 2 is 1.87 bits per heavy atom. The zero-order valence-electron chi connectivity index (χ0n) is 9.08. The molecule has 2 rings (SSSR count). The number of carbonyl (C=O) groups excluding carboxylic acids is 2. The van der Waals surface area contributed by atoms with Crippen molar-refractivity contribution in [2.45, 2.75) is 38.6 Å². The summed E-state index contributed by atoms with van der Waals surface area (Å²) in [5.74, 6) is 0.0136. The molecule has 0 bridgehead atoms. The van der Waals surface area contributed by atoms with Crippen molar-refractivity contribution in [2.75, 3.05) is 6.54 Å². The minimum absolute atomic E-state index is 0.0489. The Morgan fingerprint density at radius 1 is 1.20 bits per heavy atom. The van der Waals surface area contributed by atoms with Crippen molar-refractivity contribution in [2.24, 2.45) is 11.8 Å². The third-order valence-electron chi connectivity index (χ3n) is 2.94. The van der Waals surface area contributed by atoms with Gasteiger partial charge in [-0.25, -0.2) is 0 Å². The Hall–Kier alpha value is -1.06. The predicted octanol–water partition coefficient (Wildman–Crippen LogP) is 0.427. The zero-order valence-corrected chi connectivity index (χ0v) is 9.08. The fourth-order valence-corrected chi connectivity index (χ4v) is 1.69. The van der Waals surface area contributed by atoms with E-state index in [9.17, 15) is 9.59 Å². The minimum Gasteiger partial charge on any atom is -0.356 e. The maximum Gasteiger partial charge on any atom is 0.224 e. The lowest BCUT2D eigenvalue weighted by Gasteiger charge is -2.03. The molecule has 84 valence electrons. The Balaban J connectivity index is 1.69. The maximum absolute atomic E-state index is 11.6. The van der Waals surface area contributed by atoms with Crippen LogP contribution in [-0.2, 0) is 9.59 Å². The molecule has 2 amide bonds. The highest BCUT2D eigenvalue weighted by molar-refractivity contribution is 5.92. The van der Waals surface area contributed by atoms with E-state index in [1.165, 1.54) is 0 Å². The fourth-order valence-electron chi connectivity index (χ4n) is 1.69. The molecule has 2 N–H and O–H groups in total. The predicted molar refractivity (Wildman–Crippen MR) is 56.1 cm³/mol. The van der Waals surface area contributed by atoms with Crippen LogP contribution in [0.25, 0.3) is 0 Å². The van der Waals surface area contributed by atoms with Gasteiger partial charge in [0.1, 0.15) is 0 Å². The summed E-state index contributed by atoms with van der Waals surface area (Å²) in [6.07, 6.45) is 3.88. The van der Waals surface area contributed by atoms with Crippen molar-refractivity contribution in [3.05, 3.63) is 0 Å². The van der Waals surface area contributed by atoms with Gasteiger partial charge in [0.15, 0.2) is 0 Å². The molecule has 2 fully saturated rings. The van der Waals surface area contributed by atoms with Crippen LogP contribution >= 0.6 is 0 Å². The van der Waals surface area contributed by atoms with E-state index in [4.69, 9.17) is 0 Å². The largest absolute Gasteiger partial charge is 0.356 e. The first kappa shape index (κ1) is 10.5. The summed E-state index contributed by atoms with van der Waals surface area (Å²) in [4.78, 5) is 23.0. The number of amides is 2. The molecule has 0 saturated heterocycles. The molecule has 2 saturated carbocycles. The van der Waals surface area contributed by atoms with E-state index in [1.54, 1.807) is 0 Å². The van der Waals surface area contributed by atoms with E-state index in [2.05, 4.69) is 10.6 Å². The van der Waals surface area contributed by atoms with Crippen molar-refractivity contribution >= 4 is 11.8 Å². The highest BCUT2D eigenvalue weighted by Gasteiger charge is 2.48. The summed E-state index contributed by atoms with van der Waals surface area (Å²) in [5, 5.41) is 5.77. The summed E-state index contributed by atoms with van der Waals surface area (Å²) < 4.78 is 0. The molecule has 15 heavy (non-hydrogen) atoms. The van der Waals surface area contributed by atoms with Gasteiger partial charge in [0.05, 0.1) is 11.8 Å². The molecule has 2 atom stereocenters. The van der Waals surface area contributed by atoms with Gasteiger partial charge in [-0.15, -0.1) is 0 Å².